The molecule has 0 radical (unpaired) electrons. The lowest BCUT2D eigenvalue weighted by Gasteiger charge is -2.06. The van der Waals surface area contributed by atoms with Crippen molar-refractivity contribution in [1.29, 1.82) is 0 Å². The summed E-state index contributed by atoms with van der Waals surface area (Å²) >= 11 is 0. The molecule has 0 aliphatic carbocycles. The van der Waals surface area contributed by atoms with Crippen LogP contribution >= 0.6 is 0 Å². The molecule has 17 heavy (non-hydrogen) atoms. The number of aromatic nitrogens is 4. The van der Waals surface area contributed by atoms with Crippen molar-refractivity contribution < 1.29 is 0 Å². The molecule has 0 aliphatic rings. The molecule has 2 aromatic rings. The molecule has 6 heteroatoms. The van der Waals surface area contributed by atoms with Gasteiger partial charge in [-0.25, -0.2) is 9.89 Å². The zero-order chi connectivity index (χ0) is 12.3. The second-order valence-corrected chi connectivity index (χ2v) is 4.48. The summed E-state index contributed by atoms with van der Waals surface area (Å²) in [4.78, 5) is 11.3. The molecule has 2 aromatic heterocycles. The Morgan fingerprint density at radius 2 is 2.29 bits per heavy atom. The fraction of sp³-hybridized carbons (Fsp3) is 0.545. The number of hydrogen-bond donors (Lipinski definition) is 2. The summed E-state index contributed by atoms with van der Waals surface area (Å²) < 4.78 is 1.25. The Balaban J connectivity index is 1.99. The number of rotatable bonds is 5. The molecule has 6 nitrogen and oxygen atoms in total. The Morgan fingerprint density at radius 3 is 3.06 bits per heavy atom. The van der Waals surface area contributed by atoms with Crippen LogP contribution < -0.4 is 11.0 Å². The van der Waals surface area contributed by atoms with Gasteiger partial charge in [0, 0.05) is 6.54 Å². The van der Waals surface area contributed by atoms with E-state index in [9.17, 15) is 4.79 Å². The van der Waals surface area contributed by atoms with Gasteiger partial charge in [-0.2, -0.15) is 9.61 Å². The van der Waals surface area contributed by atoms with Crippen LogP contribution in [0.5, 0.6) is 0 Å². The summed E-state index contributed by atoms with van der Waals surface area (Å²) in [6.07, 6.45) is 2.28. The summed E-state index contributed by atoms with van der Waals surface area (Å²) in [7, 11) is 0. The Labute approximate surface area is 99.0 Å². The van der Waals surface area contributed by atoms with E-state index in [1.54, 1.807) is 6.07 Å². The van der Waals surface area contributed by atoms with Crippen molar-refractivity contribution >= 4 is 11.5 Å². The van der Waals surface area contributed by atoms with Crippen LogP contribution in [0.1, 0.15) is 26.7 Å². The van der Waals surface area contributed by atoms with E-state index in [1.807, 2.05) is 6.07 Å². The summed E-state index contributed by atoms with van der Waals surface area (Å²) in [6, 6.07) is 3.58. The van der Waals surface area contributed by atoms with Crippen molar-refractivity contribution in [2.24, 2.45) is 5.92 Å². The van der Waals surface area contributed by atoms with E-state index in [2.05, 4.69) is 34.5 Å². The lowest BCUT2D eigenvalue weighted by molar-refractivity contribution is 0.566. The molecule has 2 rings (SSSR count). The van der Waals surface area contributed by atoms with E-state index in [-0.39, 0.29) is 5.69 Å². The van der Waals surface area contributed by atoms with Crippen LogP contribution in [-0.4, -0.2) is 26.4 Å². The Kier molecular flexibility index (Phi) is 3.41. The number of nitrogens with one attached hydrogen (secondary N) is 2. The molecular weight excluding hydrogens is 218 g/mol. The highest BCUT2D eigenvalue weighted by atomic mass is 16.2. The van der Waals surface area contributed by atoms with Gasteiger partial charge in [-0.1, -0.05) is 13.8 Å². The summed E-state index contributed by atoms with van der Waals surface area (Å²) in [5.41, 5.74) is 0.216. The smallest absolute Gasteiger partial charge is 0.364 e. The summed E-state index contributed by atoms with van der Waals surface area (Å²) in [5.74, 6) is 1.41. The number of aromatic amines is 1. The second kappa shape index (κ2) is 4.99. The Bertz CT molecular complexity index is 542. The highest BCUT2D eigenvalue weighted by molar-refractivity contribution is 5.42. The van der Waals surface area contributed by atoms with Crippen molar-refractivity contribution in [3.8, 4) is 0 Å². The van der Waals surface area contributed by atoms with Gasteiger partial charge in [0.05, 0.1) is 0 Å². The molecule has 0 atom stereocenters. The molecule has 0 bridgehead atoms. The van der Waals surface area contributed by atoms with E-state index in [0.717, 1.165) is 13.0 Å². The van der Waals surface area contributed by atoms with Gasteiger partial charge in [0.25, 0.3) is 0 Å². The monoisotopic (exact) mass is 235 g/mol. The van der Waals surface area contributed by atoms with Gasteiger partial charge in [0.2, 0.25) is 0 Å². The first-order valence-electron chi connectivity index (χ1n) is 5.85. The normalized spacial score (nSPS) is 11.2. The first kappa shape index (κ1) is 11.6. The minimum Gasteiger partial charge on any atom is -0.369 e. The summed E-state index contributed by atoms with van der Waals surface area (Å²) in [5, 5.41) is 13.5. The van der Waals surface area contributed by atoms with Crippen LogP contribution in [-0.2, 0) is 0 Å². The van der Waals surface area contributed by atoms with Gasteiger partial charge >= 0.3 is 5.69 Å². The van der Waals surface area contributed by atoms with E-state index in [0.29, 0.717) is 17.4 Å². The van der Waals surface area contributed by atoms with Gasteiger partial charge < -0.3 is 5.32 Å². The number of nitrogens with zero attached hydrogens (tertiary/aromatic N) is 3. The zero-order valence-electron chi connectivity index (χ0n) is 10.1. The Hall–Kier alpha value is -1.85. The average molecular weight is 235 g/mol. The minimum atomic E-state index is -0.314. The standard InChI is InChI=1S/C11H17N5O/c1-8(2)4-3-7-12-9-5-6-10-13-14-11(17)16(10)15-9/h5-6,8H,3-4,7H2,1-2H3,(H,12,15)(H,14,17). The third-order valence-corrected chi connectivity index (χ3v) is 2.54. The molecule has 0 aromatic carbocycles. The first-order valence-corrected chi connectivity index (χ1v) is 5.85. The number of H-pyrrole nitrogens is 1. The van der Waals surface area contributed by atoms with E-state index in [1.165, 1.54) is 10.9 Å². The highest BCUT2D eigenvalue weighted by Crippen LogP contribution is 2.06. The molecule has 92 valence electrons. The molecule has 0 fully saturated rings. The van der Waals surface area contributed by atoms with Crippen LogP contribution in [0.15, 0.2) is 16.9 Å². The molecule has 0 saturated heterocycles. The minimum absolute atomic E-state index is 0.314. The molecule has 0 saturated carbocycles. The van der Waals surface area contributed by atoms with E-state index >= 15 is 0 Å². The fourth-order valence-electron chi connectivity index (χ4n) is 1.62. The van der Waals surface area contributed by atoms with E-state index < -0.39 is 0 Å². The fourth-order valence-corrected chi connectivity index (χ4v) is 1.62. The van der Waals surface area contributed by atoms with Gasteiger partial charge in [0.1, 0.15) is 5.82 Å². The zero-order valence-corrected chi connectivity index (χ0v) is 10.1. The first-order chi connectivity index (χ1) is 8.16. The highest BCUT2D eigenvalue weighted by Gasteiger charge is 2.02. The molecule has 2 heterocycles. The maximum atomic E-state index is 11.3. The number of anilines is 1. The van der Waals surface area contributed by atoms with Crippen molar-refractivity contribution in [3.05, 3.63) is 22.6 Å². The van der Waals surface area contributed by atoms with E-state index in [4.69, 9.17) is 0 Å². The molecule has 0 unspecified atom stereocenters. The number of fused-ring (bicyclic) bond motifs is 1. The third-order valence-electron chi connectivity index (χ3n) is 2.54. The average Bonchev–Trinajstić information content (AvgIpc) is 2.66. The maximum absolute atomic E-state index is 11.3. The van der Waals surface area contributed by atoms with Gasteiger partial charge in [-0.05, 0) is 30.9 Å². The van der Waals surface area contributed by atoms with Gasteiger partial charge in [-0.3, -0.25) is 0 Å². The van der Waals surface area contributed by atoms with Crippen LogP contribution in [0.4, 0.5) is 5.82 Å². The van der Waals surface area contributed by atoms with Crippen LogP contribution in [0, 0.1) is 5.92 Å². The van der Waals surface area contributed by atoms with Crippen molar-refractivity contribution in [3.63, 3.8) is 0 Å². The molecule has 0 amide bonds. The second-order valence-electron chi connectivity index (χ2n) is 4.48. The lowest BCUT2D eigenvalue weighted by Crippen LogP contribution is -2.14. The van der Waals surface area contributed by atoms with Crippen molar-refractivity contribution in [2.45, 2.75) is 26.7 Å². The third kappa shape index (κ3) is 2.83. The van der Waals surface area contributed by atoms with Crippen molar-refractivity contribution in [1.82, 2.24) is 19.8 Å². The largest absolute Gasteiger partial charge is 0.369 e. The quantitative estimate of drug-likeness (QED) is 0.765. The van der Waals surface area contributed by atoms with Crippen LogP contribution in [0.2, 0.25) is 0 Å². The van der Waals surface area contributed by atoms with Gasteiger partial charge in [0.15, 0.2) is 5.65 Å². The molecular formula is C11H17N5O. The molecule has 0 spiro atoms. The van der Waals surface area contributed by atoms with Gasteiger partial charge in [-0.15, -0.1) is 5.10 Å². The topological polar surface area (TPSA) is 75.1 Å². The van der Waals surface area contributed by atoms with Crippen LogP contribution in [0.3, 0.4) is 0 Å². The lowest BCUT2D eigenvalue weighted by atomic mass is 10.1. The Morgan fingerprint density at radius 1 is 1.47 bits per heavy atom. The van der Waals surface area contributed by atoms with Crippen molar-refractivity contribution in [2.75, 3.05) is 11.9 Å². The predicted octanol–water partition coefficient (Wildman–Crippen LogP) is 1.27. The number of hydrogen-bond acceptors (Lipinski definition) is 4. The maximum Gasteiger partial charge on any atom is 0.364 e. The predicted molar refractivity (Wildman–Crippen MR) is 66.2 cm³/mol. The van der Waals surface area contributed by atoms with Crippen LogP contribution in [0.25, 0.3) is 5.65 Å². The molecule has 2 N–H and O–H groups in total. The molecule has 0 aliphatic heterocycles. The summed E-state index contributed by atoms with van der Waals surface area (Å²) in [6.45, 7) is 5.27. The SMILES string of the molecule is CC(C)CCCNc1ccc2n[nH]c(=O)n2n1.